The number of aromatic hydroxyl groups is 1. The number of nitrogens with one attached hydrogen (secondary N) is 1. The van der Waals surface area contributed by atoms with Gasteiger partial charge in [0.1, 0.15) is 23.3 Å². The zero-order chi connectivity index (χ0) is 22.0. The number of hydrogen-bond acceptors (Lipinski definition) is 5. The maximum atomic E-state index is 9.97. The SMILES string of the molecule is CCN(CC)CCCn1cnc2c(c1=N)C(c1ccc(C)cc1)c1ccc(O)cc1O2. The van der Waals surface area contributed by atoms with E-state index in [-0.39, 0.29) is 11.7 Å². The molecule has 1 aliphatic heterocycles. The highest BCUT2D eigenvalue weighted by atomic mass is 16.5. The number of aryl methyl sites for hydroxylation is 2. The number of rotatable bonds is 7. The van der Waals surface area contributed by atoms with Crippen LogP contribution in [0.5, 0.6) is 17.4 Å². The van der Waals surface area contributed by atoms with E-state index in [4.69, 9.17) is 10.1 Å². The van der Waals surface area contributed by atoms with Crippen LogP contribution in [0.1, 0.15) is 48.4 Å². The van der Waals surface area contributed by atoms with Gasteiger partial charge < -0.3 is 19.3 Å². The fourth-order valence-corrected chi connectivity index (χ4v) is 4.24. The molecule has 0 saturated heterocycles. The van der Waals surface area contributed by atoms with Crippen molar-refractivity contribution in [2.24, 2.45) is 0 Å². The van der Waals surface area contributed by atoms with E-state index in [0.29, 0.717) is 17.1 Å². The first-order valence-corrected chi connectivity index (χ1v) is 11.0. The summed E-state index contributed by atoms with van der Waals surface area (Å²) >= 11 is 0. The average Bonchev–Trinajstić information content (AvgIpc) is 2.77. The highest BCUT2D eigenvalue weighted by Gasteiger charge is 2.32. The van der Waals surface area contributed by atoms with Crippen LogP contribution in [-0.4, -0.2) is 39.2 Å². The highest BCUT2D eigenvalue weighted by molar-refractivity contribution is 5.57. The highest BCUT2D eigenvalue weighted by Crippen LogP contribution is 2.45. The molecule has 1 atom stereocenters. The first-order chi connectivity index (χ1) is 15.0. The Morgan fingerprint density at radius 2 is 1.87 bits per heavy atom. The predicted octanol–water partition coefficient (Wildman–Crippen LogP) is 4.39. The second kappa shape index (κ2) is 8.94. The summed E-state index contributed by atoms with van der Waals surface area (Å²) in [6.45, 7) is 10.2. The van der Waals surface area contributed by atoms with E-state index in [1.807, 2.05) is 10.6 Å². The lowest BCUT2D eigenvalue weighted by atomic mass is 9.83. The van der Waals surface area contributed by atoms with Crippen molar-refractivity contribution in [3.05, 3.63) is 76.5 Å². The number of phenolic OH excluding ortho intramolecular Hbond substituents is 1. The van der Waals surface area contributed by atoms with Crippen LogP contribution in [0.2, 0.25) is 0 Å². The molecule has 3 aromatic rings. The fourth-order valence-electron chi connectivity index (χ4n) is 4.24. The summed E-state index contributed by atoms with van der Waals surface area (Å²) in [6.07, 6.45) is 2.66. The van der Waals surface area contributed by atoms with Gasteiger partial charge in [0, 0.05) is 24.1 Å². The van der Waals surface area contributed by atoms with Crippen molar-refractivity contribution in [1.29, 1.82) is 5.41 Å². The molecule has 2 heterocycles. The molecule has 4 rings (SSSR count). The van der Waals surface area contributed by atoms with Crippen LogP contribution in [0.3, 0.4) is 0 Å². The molecule has 0 bridgehead atoms. The molecule has 2 N–H and O–H groups in total. The molecule has 1 unspecified atom stereocenters. The second-order valence-electron chi connectivity index (χ2n) is 8.05. The smallest absolute Gasteiger partial charge is 0.228 e. The van der Waals surface area contributed by atoms with Gasteiger partial charge in [-0.1, -0.05) is 49.7 Å². The first kappa shape index (κ1) is 21.1. The Morgan fingerprint density at radius 3 is 2.58 bits per heavy atom. The minimum atomic E-state index is -0.171. The van der Waals surface area contributed by atoms with Gasteiger partial charge in [-0.2, -0.15) is 0 Å². The van der Waals surface area contributed by atoms with E-state index < -0.39 is 0 Å². The standard InChI is InChI=1S/C25H30N4O2/c1-4-28(5-2)13-6-14-29-16-27-25-23(24(29)26)22(18-9-7-17(3)8-10-18)20-12-11-19(30)15-21(20)31-25/h7-12,15-16,22,26,30H,4-6,13-14H2,1-3H3. The zero-order valence-corrected chi connectivity index (χ0v) is 18.4. The van der Waals surface area contributed by atoms with E-state index in [9.17, 15) is 5.11 Å². The van der Waals surface area contributed by atoms with Gasteiger partial charge in [0.05, 0.1) is 5.56 Å². The molecule has 0 radical (unpaired) electrons. The third-order valence-electron chi connectivity index (χ3n) is 6.07. The normalized spacial score (nSPS) is 14.8. The van der Waals surface area contributed by atoms with E-state index in [0.717, 1.165) is 49.3 Å². The van der Waals surface area contributed by atoms with Crippen LogP contribution < -0.4 is 10.2 Å². The monoisotopic (exact) mass is 418 g/mol. The quantitative estimate of drug-likeness (QED) is 0.467. The van der Waals surface area contributed by atoms with E-state index in [1.54, 1.807) is 18.5 Å². The molecular weight excluding hydrogens is 388 g/mol. The van der Waals surface area contributed by atoms with E-state index in [1.165, 1.54) is 5.56 Å². The maximum Gasteiger partial charge on any atom is 0.228 e. The molecule has 0 fully saturated rings. The second-order valence-corrected chi connectivity index (χ2v) is 8.05. The summed E-state index contributed by atoms with van der Waals surface area (Å²) in [7, 11) is 0. The summed E-state index contributed by atoms with van der Waals surface area (Å²) in [6, 6.07) is 13.6. The average molecular weight is 419 g/mol. The summed E-state index contributed by atoms with van der Waals surface area (Å²) in [5.41, 5.74) is 4.40. The van der Waals surface area contributed by atoms with Gasteiger partial charge >= 0.3 is 0 Å². The van der Waals surface area contributed by atoms with Gasteiger partial charge in [0.25, 0.3) is 0 Å². The molecule has 0 spiro atoms. The lowest BCUT2D eigenvalue weighted by Crippen LogP contribution is -2.31. The number of nitrogens with zero attached hydrogens (tertiary/aromatic N) is 3. The third kappa shape index (κ3) is 4.21. The van der Waals surface area contributed by atoms with Gasteiger partial charge in [-0.25, -0.2) is 4.98 Å². The minimum Gasteiger partial charge on any atom is -0.508 e. The number of hydrogen-bond donors (Lipinski definition) is 2. The summed E-state index contributed by atoms with van der Waals surface area (Å²) in [5.74, 6) is 1.01. The Kier molecular flexibility index (Phi) is 6.09. The summed E-state index contributed by atoms with van der Waals surface area (Å²) < 4.78 is 7.95. The Labute approximate surface area is 183 Å². The Balaban J connectivity index is 1.75. The van der Waals surface area contributed by atoms with E-state index in [2.05, 4.69) is 54.9 Å². The van der Waals surface area contributed by atoms with Crippen molar-refractivity contribution in [2.45, 2.75) is 39.7 Å². The van der Waals surface area contributed by atoms with E-state index >= 15 is 0 Å². The van der Waals surface area contributed by atoms with Crippen LogP contribution in [0.25, 0.3) is 0 Å². The third-order valence-corrected chi connectivity index (χ3v) is 6.07. The topological polar surface area (TPSA) is 74.4 Å². The number of aromatic nitrogens is 2. The Bertz CT molecular complexity index is 1120. The number of benzene rings is 2. The predicted molar refractivity (Wildman–Crippen MR) is 121 cm³/mol. The van der Waals surface area contributed by atoms with Crippen LogP contribution in [0.4, 0.5) is 0 Å². The first-order valence-electron chi connectivity index (χ1n) is 11.0. The lowest BCUT2D eigenvalue weighted by molar-refractivity contribution is 0.291. The zero-order valence-electron chi connectivity index (χ0n) is 18.4. The maximum absolute atomic E-state index is 9.97. The molecular formula is C25H30N4O2. The summed E-state index contributed by atoms with van der Waals surface area (Å²) in [5, 5.41) is 19.0. The molecule has 1 aliphatic rings. The number of phenols is 1. The fraction of sp³-hybridized carbons (Fsp3) is 0.360. The molecule has 1 aromatic heterocycles. The van der Waals surface area contributed by atoms with Crippen molar-refractivity contribution in [1.82, 2.24) is 14.5 Å². The van der Waals surface area contributed by atoms with Gasteiger partial charge in [0.2, 0.25) is 5.88 Å². The van der Waals surface area contributed by atoms with Crippen molar-refractivity contribution < 1.29 is 9.84 Å². The molecule has 0 saturated carbocycles. The molecule has 162 valence electrons. The minimum absolute atomic E-state index is 0.151. The largest absolute Gasteiger partial charge is 0.508 e. The molecule has 2 aromatic carbocycles. The molecule has 6 heteroatoms. The van der Waals surface area contributed by atoms with Crippen molar-refractivity contribution in [3.63, 3.8) is 0 Å². The lowest BCUT2D eigenvalue weighted by Gasteiger charge is -2.28. The Morgan fingerprint density at radius 1 is 1.13 bits per heavy atom. The van der Waals surface area contributed by atoms with Crippen LogP contribution >= 0.6 is 0 Å². The molecule has 6 nitrogen and oxygen atoms in total. The van der Waals surface area contributed by atoms with Crippen molar-refractivity contribution >= 4 is 0 Å². The number of ether oxygens (including phenoxy) is 1. The van der Waals surface area contributed by atoms with Gasteiger partial charge in [-0.3, -0.25) is 5.41 Å². The molecule has 0 amide bonds. The molecule has 31 heavy (non-hydrogen) atoms. The van der Waals surface area contributed by atoms with Crippen molar-refractivity contribution in [3.8, 4) is 17.4 Å². The summed E-state index contributed by atoms with van der Waals surface area (Å²) in [4.78, 5) is 6.95. The molecule has 0 aliphatic carbocycles. The van der Waals surface area contributed by atoms with Crippen LogP contribution in [0.15, 0.2) is 48.8 Å². The van der Waals surface area contributed by atoms with Gasteiger partial charge in [-0.15, -0.1) is 0 Å². The van der Waals surface area contributed by atoms with Gasteiger partial charge in [-0.05, 0) is 44.6 Å². The van der Waals surface area contributed by atoms with Crippen LogP contribution in [-0.2, 0) is 6.54 Å². The van der Waals surface area contributed by atoms with Gasteiger partial charge in [0.15, 0.2) is 0 Å². The number of fused-ring (bicyclic) bond motifs is 2. The Hall–Kier alpha value is -3.12. The van der Waals surface area contributed by atoms with Crippen LogP contribution in [0, 0.1) is 12.3 Å². The van der Waals surface area contributed by atoms with Crippen molar-refractivity contribution in [2.75, 3.05) is 19.6 Å².